The smallest absolute Gasteiger partial charge is 0.419 e. The molecule has 1 atom stereocenters. The van der Waals surface area contributed by atoms with Crippen LogP contribution in [0.1, 0.15) is 28.4 Å². The Morgan fingerprint density at radius 1 is 1.28 bits per heavy atom. The van der Waals surface area contributed by atoms with E-state index in [1.165, 1.54) is 16.7 Å². The maximum absolute atomic E-state index is 13.5. The van der Waals surface area contributed by atoms with Crippen LogP contribution in [0.4, 0.5) is 17.6 Å². The second-order valence-electron chi connectivity index (χ2n) is 7.93. The number of nitrogens with zero attached hydrogens (tertiary/aromatic N) is 3. The van der Waals surface area contributed by atoms with Gasteiger partial charge in [-0.25, -0.2) is 9.18 Å². The van der Waals surface area contributed by atoms with Crippen molar-refractivity contribution in [3.63, 3.8) is 0 Å². The molecule has 1 saturated heterocycles. The third-order valence-electron chi connectivity index (χ3n) is 5.36. The number of benzene rings is 2. The molecule has 8 nitrogen and oxygen atoms in total. The van der Waals surface area contributed by atoms with Crippen LogP contribution in [0.25, 0.3) is 0 Å². The maximum Gasteiger partial charge on any atom is 0.419 e. The summed E-state index contributed by atoms with van der Waals surface area (Å²) in [7, 11) is 1.57. The number of alkyl halides is 3. The van der Waals surface area contributed by atoms with Crippen molar-refractivity contribution in [2.24, 2.45) is 7.05 Å². The Morgan fingerprint density at radius 3 is 2.78 bits per heavy atom. The molecule has 0 radical (unpaired) electrons. The fourth-order valence-electron chi connectivity index (χ4n) is 3.56. The first kappa shape index (κ1) is 25.2. The fraction of sp³-hybridized carbons (Fsp3) is 0.292. The molecule has 4 rings (SSSR count). The number of ether oxygens (including phenoxy) is 3. The van der Waals surface area contributed by atoms with Crippen molar-refractivity contribution in [2.45, 2.75) is 18.9 Å². The zero-order valence-corrected chi connectivity index (χ0v) is 18.9. The quantitative estimate of drug-likeness (QED) is 0.510. The van der Waals surface area contributed by atoms with Crippen LogP contribution in [0.15, 0.2) is 47.4 Å². The van der Waals surface area contributed by atoms with Crippen molar-refractivity contribution in [3.05, 3.63) is 81.2 Å². The van der Waals surface area contributed by atoms with E-state index in [0.29, 0.717) is 43.0 Å². The Bertz CT molecular complexity index is 1360. The molecule has 0 aliphatic carbocycles. The Labute approximate surface area is 202 Å². The molecule has 1 aromatic heterocycles. The lowest BCUT2D eigenvalue weighted by molar-refractivity contribution is -0.140. The van der Waals surface area contributed by atoms with Crippen molar-refractivity contribution in [2.75, 3.05) is 19.7 Å². The van der Waals surface area contributed by atoms with Gasteiger partial charge in [0.1, 0.15) is 36.1 Å². The van der Waals surface area contributed by atoms with E-state index in [2.05, 4.69) is 10.3 Å². The molecule has 1 aliphatic rings. The van der Waals surface area contributed by atoms with Gasteiger partial charge in [0.25, 0.3) is 0 Å². The first-order valence-corrected chi connectivity index (χ1v) is 10.8. The van der Waals surface area contributed by atoms with E-state index in [1.54, 1.807) is 19.3 Å². The van der Waals surface area contributed by atoms with Crippen LogP contribution >= 0.6 is 0 Å². The molecule has 36 heavy (non-hydrogen) atoms. The van der Waals surface area contributed by atoms with E-state index in [4.69, 9.17) is 14.2 Å². The summed E-state index contributed by atoms with van der Waals surface area (Å²) in [6, 6.07) is 8.49. The lowest BCUT2D eigenvalue weighted by Crippen LogP contribution is -2.34. The largest absolute Gasteiger partial charge is 0.472 e. The number of hydrogen-bond acceptors (Lipinski definition) is 7. The molecule has 0 spiro atoms. The summed E-state index contributed by atoms with van der Waals surface area (Å²) in [4.78, 5) is 16.1. The number of nitriles is 1. The summed E-state index contributed by atoms with van der Waals surface area (Å²) in [5.74, 6) is -1.63. The van der Waals surface area contributed by atoms with Crippen LogP contribution < -0.4 is 20.5 Å². The standard InChI is InChI=1S/C24H20F4N4O4/c1-32-12-17(21-11-30-6-7-34-21)22(31-23(32)33)35-13-14-2-5-20(15(8-14)10-29)36-16-3-4-19(25)18(9-16)24(26,27)28/h2-5,8-9,12,21,30H,6-7,11,13H2,1H3. The van der Waals surface area contributed by atoms with Gasteiger partial charge in [0, 0.05) is 26.3 Å². The van der Waals surface area contributed by atoms with Crippen LogP contribution in [0.5, 0.6) is 17.4 Å². The molecule has 3 aromatic rings. The second kappa shape index (κ2) is 10.3. The number of morpholine rings is 1. The molecule has 0 saturated carbocycles. The molecule has 0 bridgehead atoms. The van der Waals surface area contributed by atoms with Crippen molar-refractivity contribution >= 4 is 0 Å². The number of hydrogen-bond donors (Lipinski definition) is 1. The van der Waals surface area contributed by atoms with Gasteiger partial charge < -0.3 is 24.1 Å². The zero-order chi connectivity index (χ0) is 25.9. The Morgan fingerprint density at radius 2 is 2.08 bits per heavy atom. The Balaban J connectivity index is 1.54. The number of halogens is 4. The van der Waals surface area contributed by atoms with E-state index in [0.717, 1.165) is 6.07 Å². The summed E-state index contributed by atoms with van der Waals surface area (Å²) >= 11 is 0. The normalized spacial score (nSPS) is 15.8. The van der Waals surface area contributed by atoms with Crippen LogP contribution in [0, 0.1) is 17.1 Å². The number of aryl methyl sites for hydroxylation is 1. The Hall–Kier alpha value is -3.95. The van der Waals surface area contributed by atoms with Crippen LogP contribution in [0.2, 0.25) is 0 Å². The molecule has 1 unspecified atom stereocenters. The van der Waals surface area contributed by atoms with E-state index < -0.39 is 23.2 Å². The molecule has 1 aliphatic heterocycles. The average molecular weight is 504 g/mol. The number of aromatic nitrogens is 2. The summed E-state index contributed by atoms with van der Waals surface area (Å²) in [6.45, 7) is 1.64. The minimum atomic E-state index is -4.90. The zero-order valence-electron chi connectivity index (χ0n) is 18.9. The van der Waals surface area contributed by atoms with Crippen molar-refractivity contribution < 1.29 is 31.8 Å². The lowest BCUT2D eigenvalue weighted by Gasteiger charge is -2.25. The SMILES string of the molecule is Cn1cc(C2CNCCO2)c(OCc2ccc(Oc3ccc(F)c(C(F)(F)F)c3)c(C#N)c2)nc1=O. The summed E-state index contributed by atoms with van der Waals surface area (Å²) in [6.07, 6.45) is -3.67. The second-order valence-corrected chi connectivity index (χ2v) is 7.93. The van der Waals surface area contributed by atoms with Crippen LogP contribution in [-0.4, -0.2) is 29.2 Å². The van der Waals surface area contributed by atoms with E-state index in [9.17, 15) is 27.6 Å². The van der Waals surface area contributed by atoms with Crippen LogP contribution in [-0.2, 0) is 24.6 Å². The molecular weight excluding hydrogens is 484 g/mol. The van der Waals surface area contributed by atoms with Gasteiger partial charge in [-0.3, -0.25) is 0 Å². The highest BCUT2D eigenvalue weighted by Crippen LogP contribution is 2.35. The van der Waals surface area contributed by atoms with Crippen LogP contribution in [0.3, 0.4) is 0 Å². The van der Waals surface area contributed by atoms with Gasteiger partial charge in [0.2, 0.25) is 5.88 Å². The first-order chi connectivity index (χ1) is 17.2. The Kier molecular flexibility index (Phi) is 7.23. The molecule has 0 amide bonds. The summed E-state index contributed by atoms with van der Waals surface area (Å²) in [5.41, 5.74) is -0.868. The molecule has 2 aromatic carbocycles. The van der Waals surface area contributed by atoms with Gasteiger partial charge in [-0.15, -0.1) is 0 Å². The molecule has 2 heterocycles. The minimum Gasteiger partial charge on any atom is -0.472 e. The van der Waals surface area contributed by atoms with E-state index in [-0.39, 0.29) is 35.7 Å². The fourth-order valence-corrected chi connectivity index (χ4v) is 3.56. The van der Waals surface area contributed by atoms with Crippen molar-refractivity contribution in [1.82, 2.24) is 14.9 Å². The topological polar surface area (TPSA) is 98.4 Å². The van der Waals surface area contributed by atoms with Gasteiger partial charge in [0.15, 0.2) is 0 Å². The third-order valence-corrected chi connectivity index (χ3v) is 5.36. The van der Waals surface area contributed by atoms with Gasteiger partial charge in [-0.2, -0.15) is 23.4 Å². The predicted molar refractivity (Wildman–Crippen MR) is 118 cm³/mol. The van der Waals surface area contributed by atoms with Gasteiger partial charge in [-0.05, 0) is 35.9 Å². The highest BCUT2D eigenvalue weighted by molar-refractivity contribution is 5.48. The number of rotatable bonds is 6. The minimum absolute atomic E-state index is 0.0185. The van der Waals surface area contributed by atoms with Crippen molar-refractivity contribution in [1.29, 1.82) is 5.26 Å². The highest BCUT2D eigenvalue weighted by Gasteiger charge is 2.34. The molecule has 1 N–H and O–H groups in total. The van der Waals surface area contributed by atoms with E-state index >= 15 is 0 Å². The molecule has 1 fully saturated rings. The molecule has 12 heteroatoms. The first-order valence-electron chi connectivity index (χ1n) is 10.8. The summed E-state index contributed by atoms with van der Waals surface area (Å²) < 4.78 is 70.8. The number of nitrogens with one attached hydrogen (secondary N) is 1. The van der Waals surface area contributed by atoms with Gasteiger partial charge in [-0.1, -0.05) is 6.07 Å². The maximum atomic E-state index is 13.5. The summed E-state index contributed by atoms with van der Waals surface area (Å²) in [5, 5.41) is 12.7. The predicted octanol–water partition coefficient (Wildman–Crippen LogP) is 3.84. The monoisotopic (exact) mass is 504 g/mol. The van der Waals surface area contributed by atoms with Gasteiger partial charge in [0.05, 0.1) is 23.3 Å². The molecular formula is C24H20F4N4O4. The van der Waals surface area contributed by atoms with Crippen molar-refractivity contribution in [3.8, 4) is 23.4 Å². The highest BCUT2D eigenvalue weighted by atomic mass is 19.4. The van der Waals surface area contributed by atoms with Gasteiger partial charge >= 0.3 is 11.9 Å². The molecule has 188 valence electrons. The lowest BCUT2D eigenvalue weighted by atomic mass is 10.1. The third kappa shape index (κ3) is 5.64. The van der Waals surface area contributed by atoms with E-state index in [1.807, 2.05) is 6.07 Å². The average Bonchev–Trinajstić information content (AvgIpc) is 2.86.